The minimum Gasteiger partial charge on any atom is -0.415 e. The lowest BCUT2D eigenvalue weighted by Gasteiger charge is -2.38. The van der Waals surface area contributed by atoms with Gasteiger partial charge in [-0.2, -0.15) is 10.2 Å². The third-order valence-corrected chi connectivity index (χ3v) is 17.2. The van der Waals surface area contributed by atoms with E-state index in [-0.39, 0.29) is 15.8 Å². The normalized spacial score (nSPS) is 13.2. The molecule has 0 unspecified atom stereocenters. The number of hydrogen-bond donors (Lipinski definition) is 0. The molecule has 216 valence electrons. The van der Waals surface area contributed by atoms with Gasteiger partial charge in [-0.05, 0) is 79.1 Å². The number of nitro benzene ring substituents is 1. The molecule has 0 N–H and O–H groups in total. The van der Waals surface area contributed by atoms with Crippen LogP contribution in [0, 0.1) is 17.0 Å². The van der Waals surface area contributed by atoms with E-state index in [4.69, 9.17) is 8.85 Å². The molecule has 0 amide bonds. The maximum absolute atomic E-state index is 10.9. The summed E-state index contributed by atoms with van der Waals surface area (Å²) in [7, 11) is -3.69. The molecule has 2 aromatic rings. The van der Waals surface area contributed by atoms with E-state index in [1.54, 1.807) is 12.1 Å². The summed E-state index contributed by atoms with van der Waals surface area (Å²) in [5, 5.41) is 19.9. The fourth-order valence-electron chi connectivity index (χ4n) is 3.33. The van der Waals surface area contributed by atoms with Crippen LogP contribution < -0.4 is 4.90 Å². The molecule has 39 heavy (non-hydrogen) atoms. The molecule has 0 radical (unpaired) electrons. The highest BCUT2D eigenvalue weighted by atomic mass is 28.4. The van der Waals surface area contributed by atoms with Crippen molar-refractivity contribution in [3.63, 3.8) is 0 Å². The molecule has 2 aromatic carbocycles. The van der Waals surface area contributed by atoms with Crippen molar-refractivity contribution in [2.24, 2.45) is 10.2 Å². The molecule has 0 heterocycles. The molecule has 0 atom stereocenters. The molecule has 8 nitrogen and oxygen atoms in total. The molecule has 0 saturated heterocycles. The summed E-state index contributed by atoms with van der Waals surface area (Å²) >= 11 is 0. The highest BCUT2D eigenvalue weighted by Gasteiger charge is 2.38. The smallest absolute Gasteiger partial charge is 0.269 e. The van der Waals surface area contributed by atoms with Gasteiger partial charge in [0.25, 0.3) is 5.69 Å². The number of rotatable bonds is 12. The van der Waals surface area contributed by atoms with Gasteiger partial charge in [0.2, 0.25) is 0 Å². The van der Waals surface area contributed by atoms with Crippen LogP contribution >= 0.6 is 0 Å². The molecule has 0 aliphatic heterocycles. The number of anilines is 1. The van der Waals surface area contributed by atoms with E-state index in [2.05, 4.69) is 95.0 Å². The van der Waals surface area contributed by atoms with Gasteiger partial charge in [-0.25, -0.2) is 0 Å². The highest BCUT2D eigenvalue weighted by Crippen LogP contribution is 2.37. The van der Waals surface area contributed by atoms with Gasteiger partial charge in [0, 0.05) is 30.9 Å². The van der Waals surface area contributed by atoms with Gasteiger partial charge in [0.05, 0.1) is 29.5 Å². The van der Waals surface area contributed by atoms with Crippen molar-refractivity contribution < 1.29 is 13.8 Å². The summed E-state index contributed by atoms with van der Waals surface area (Å²) in [4.78, 5) is 12.8. The summed E-state index contributed by atoms with van der Waals surface area (Å²) in [6.07, 6.45) is 0. The average Bonchev–Trinajstić information content (AvgIpc) is 2.81. The topological polar surface area (TPSA) is 89.6 Å². The summed E-state index contributed by atoms with van der Waals surface area (Å²) in [6.45, 7) is 27.6. The van der Waals surface area contributed by atoms with Crippen LogP contribution in [0.15, 0.2) is 52.7 Å². The van der Waals surface area contributed by atoms with Gasteiger partial charge in [-0.1, -0.05) is 41.5 Å². The van der Waals surface area contributed by atoms with E-state index < -0.39 is 21.6 Å². The molecular weight excluding hydrogens is 525 g/mol. The molecular formula is C29H48N4O4Si2. The van der Waals surface area contributed by atoms with Gasteiger partial charge < -0.3 is 13.8 Å². The largest absolute Gasteiger partial charge is 0.415 e. The number of benzene rings is 2. The second-order valence-corrected chi connectivity index (χ2v) is 22.8. The number of nitro groups is 1. The van der Waals surface area contributed by atoms with Gasteiger partial charge in [0.15, 0.2) is 16.6 Å². The van der Waals surface area contributed by atoms with Crippen molar-refractivity contribution in [2.45, 2.75) is 84.7 Å². The van der Waals surface area contributed by atoms with Crippen LogP contribution in [0.4, 0.5) is 22.7 Å². The minimum atomic E-state index is -1.85. The van der Waals surface area contributed by atoms with Crippen LogP contribution in [0.5, 0.6) is 0 Å². The van der Waals surface area contributed by atoms with Crippen molar-refractivity contribution in [3.8, 4) is 0 Å². The second-order valence-electron chi connectivity index (χ2n) is 13.1. The summed E-state index contributed by atoms with van der Waals surface area (Å²) in [5.41, 5.74) is 3.45. The first kappa shape index (κ1) is 32.8. The Kier molecular flexibility index (Phi) is 10.8. The molecule has 0 aliphatic rings. The van der Waals surface area contributed by atoms with Gasteiger partial charge in [-0.15, -0.1) is 0 Å². The van der Waals surface area contributed by atoms with E-state index in [0.29, 0.717) is 18.9 Å². The molecule has 0 bridgehead atoms. The number of aryl methyl sites for hydroxylation is 1. The molecule has 0 spiro atoms. The first-order chi connectivity index (χ1) is 17.8. The Bertz CT molecular complexity index is 1110. The number of hydrogen-bond acceptors (Lipinski definition) is 7. The van der Waals surface area contributed by atoms with Gasteiger partial charge in [0.1, 0.15) is 0 Å². The quantitative estimate of drug-likeness (QED) is 0.109. The van der Waals surface area contributed by atoms with Crippen LogP contribution in [0.25, 0.3) is 0 Å². The Morgan fingerprint density at radius 1 is 0.821 bits per heavy atom. The predicted molar refractivity (Wildman–Crippen MR) is 167 cm³/mol. The van der Waals surface area contributed by atoms with E-state index >= 15 is 0 Å². The van der Waals surface area contributed by atoms with Gasteiger partial charge >= 0.3 is 0 Å². The van der Waals surface area contributed by atoms with Crippen LogP contribution in [-0.2, 0) is 8.85 Å². The Morgan fingerprint density at radius 3 is 1.72 bits per heavy atom. The van der Waals surface area contributed by atoms with Crippen LogP contribution in [-0.4, -0.2) is 47.9 Å². The lowest BCUT2D eigenvalue weighted by atomic mass is 10.1. The lowest BCUT2D eigenvalue weighted by Crippen LogP contribution is -2.44. The van der Waals surface area contributed by atoms with Crippen molar-refractivity contribution >= 4 is 39.4 Å². The lowest BCUT2D eigenvalue weighted by molar-refractivity contribution is -0.384. The Labute approximate surface area is 237 Å². The first-order valence-corrected chi connectivity index (χ1v) is 19.5. The zero-order chi connectivity index (χ0) is 29.6. The zero-order valence-corrected chi connectivity index (χ0v) is 27.8. The molecule has 0 saturated carbocycles. The third kappa shape index (κ3) is 9.34. The molecule has 0 fully saturated rings. The van der Waals surface area contributed by atoms with Crippen LogP contribution in [0.3, 0.4) is 0 Å². The third-order valence-electron chi connectivity index (χ3n) is 8.14. The molecule has 10 heteroatoms. The maximum Gasteiger partial charge on any atom is 0.269 e. The second kappa shape index (κ2) is 12.8. The number of azo groups is 1. The van der Waals surface area contributed by atoms with E-state index in [1.807, 2.05) is 13.0 Å². The Balaban J connectivity index is 2.20. The van der Waals surface area contributed by atoms with E-state index in [0.717, 1.165) is 30.0 Å². The summed E-state index contributed by atoms with van der Waals surface area (Å²) < 4.78 is 13.0. The molecule has 0 aliphatic carbocycles. The van der Waals surface area contributed by atoms with E-state index in [1.165, 1.54) is 12.1 Å². The van der Waals surface area contributed by atoms with E-state index in [9.17, 15) is 10.1 Å². The summed E-state index contributed by atoms with van der Waals surface area (Å²) in [6, 6.07) is 12.2. The minimum absolute atomic E-state index is 0.0321. The fraction of sp³-hybridized carbons (Fsp3) is 0.586. The Hall–Kier alpha value is -2.41. The van der Waals surface area contributed by atoms with Crippen molar-refractivity contribution in [2.75, 3.05) is 31.2 Å². The predicted octanol–water partition coefficient (Wildman–Crippen LogP) is 9.17. The first-order valence-electron chi connectivity index (χ1n) is 13.6. The SMILES string of the molecule is Cc1cc(N(CCO[Si](C)(C)C(C)(C)C)CCO[Si](C)(C)C(C)(C)C)ccc1N=Nc1ccc([N+](=O)[O-])cc1. The van der Waals surface area contributed by atoms with Crippen molar-refractivity contribution in [1.82, 2.24) is 0 Å². The van der Waals surface area contributed by atoms with Crippen LogP contribution in [0.2, 0.25) is 36.3 Å². The monoisotopic (exact) mass is 572 g/mol. The summed E-state index contributed by atoms with van der Waals surface area (Å²) in [5.74, 6) is 0. The number of nitrogens with zero attached hydrogens (tertiary/aromatic N) is 4. The Morgan fingerprint density at radius 2 is 1.31 bits per heavy atom. The van der Waals surface area contributed by atoms with Crippen molar-refractivity contribution in [1.29, 1.82) is 0 Å². The molecule has 0 aromatic heterocycles. The van der Waals surface area contributed by atoms with Crippen LogP contribution in [0.1, 0.15) is 47.1 Å². The average molecular weight is 573 g/mol. The zero-order valence-electron chi connectivity index (χ0n) is 25.8. The fourth-order valence-corrected chi connectivity index (χ4v) is 5.40. The van der Waals surface area contributed by atoms with Crippen molar-refractivity contribution in [3.05, 3.63) is 58.1 Å². The highest BCUT2D eigenvalue weighted by molar-refractivity contribution is 6.74. The standard InChI is InChI=1S/C29H48N4O4Si2/c1-23-22-26(16-17-27(23)31-30-24-12-14-25(15-13-24)33(34)35)32(18-20-36-38(8,9)28(2,3)4)19-21-37-39(10,11)29(5,6)7/h12-17,22H,18-21H2,1-11H3. The number of non-ortho nitro benzene ring substituents is 1. The van der Waals surface area contributed by atoms with Gasteiger partial charge in [-0.3, -0.25) is 10.1 Å². The molecule has 2 rings (SSSR count). The maximum atomic E-state index is 10.9.